The number of carboxylic acids is 1. The standard InChI is InChI=1S/C17H21N3O4S/c1-24-10-14-11-25-17(19-14)20-16(23)18-13(7-8-15(21)22)9-12-5-3-2-4-6-12/h2-6,11,13H,7-10H2,1H3,(H,21,22)(H2,18,19,20,23). The first-order valence-corrected chi connectivity index (χ1v) is 8.71. The molecule has 0 aliphatic rings. The first-order chi connectivity index (χ1) is 12.1. The molecule has 0 bridgehead atoms. The third-order valence-corrected chi connectivity index (χ3v) is 4.24. The number of hydrogen-bond acceptors (Lipinski definition) is 5. The molecular formula is C17H21N3O4S. The molecule has 1 aromatic heterocycles. The minimum absolute atomic E-state index is 0.00693. The normalized spacial score (nSPS) is 11.7. The van der Waals surface area contributed by atoms with Crippen molar-refractivity contribution in [2.75, 3.05) is 12.4 Å². The molecule has 8 heteroatoms. The molecule has 134 valence electrons. The molecule has 0 aliphatic heterocycles. The zero-order chi connectivity index (χ0) is 18.1. The van der Waals surface area contributed by atoms with E-state index in [1.807, 2.05) is 35.7 Å². The third-order valence-electron chi connectivity index (χ3n) is 3.43. The first-order valence-electron chi connectivity index (χ1n) is 7.83. The van der Waals surface area contributed by atoms with Crippen molar-refractivity contribution < 1.29 is 19.4 Å². The van der Waals surface area contributed by atoms with Crippen LogP contribution in [0.2, 0.25) is 0 Å². The summed E-state index contributed by atoms with van der Waals surface area (Å²) in [5.41, 5.74) is 1.78. The van der Waals surface area contributed by atoms with E-state index in [0.717, 1.165) is 11.3 Å². The molecule has 25 heavy (non-hydrogen) atoms. The molecule has 0 radical (unpaired) electrons. The second-order valence-electron chi connectivity index (χ2n) is 5.49. The monoisotopic (exact) mass is 363 g/mol. The van der Waals surface area contributed by atoms with Gasteiger partial charge in [-0.1, -0.05) is 30.3 Å². The number of aromatic nitrogens is 1. The fraction of sp³-hybridized carbons (Fsp3) is 0.353. The summed E-state index contributed by atoms with van der Waals surface area (Å²) < 4.78 is 4.99. The highest BCUT2D eigenvalue weighted by Crippen LogP contribution is 2.16. The van der Waals surface area contributed by atoms with Gasteiger partial charge in [-0.05, 0) is 18.4 Å². The smallest absolute Gasteiger partial charge is 0.321 e. The van der Waals surface area contributed by atoms with Crippen LogP contribution in [0.1, 0.15) is 24.1 Å². The number of hydrogen-bond donors (Lipinski definition) is 3. The van der Waals surface area contributed by atoms with Gasteiger partial charge in [-0.2, -0.15) is 0 Å². The maximum Gasteiger partial charge on any atom is 0.321 e. The summed E-state index contributed by atoms with van der Waals surface area (Å²) in [5.74, 6) is -0.885. The highest BCUT2D eigenvalue weighted by atomic mass is 32.1. The van der Waals surface area contributed by atoms with Crippen molar-refractivity contribution >= 4 is 28.5 Å². The van der Waals surface area contributed by atoms with Gasteiger partial charge < -0.3 is 15.2 Å². The lowest BCUT2D eigenvalue weighted by Crippen LogP contribution is -2.39. The summed E-state index contributed by atoms with van der Waals surface area (Å²) in [5, 5.41) is 16.7. The van der Waals surface area contributed by atoms with Gasteiger partial charge in [-0.15, -0.1) is 11.3 Å². The van der Waals surface area contributed by atoms with Crippen LogP contribution < -0.4 is 10.6 Å². The van der Waals surface area contributed by atoms with Gasteiger partial charge in [-0.25, -0.2) is 9.78 Å². The maximum absolute atomic E-state index is 12.2. The summed E-state index contributed by atoms with van der Waals surface area (Å²) >= 11 is 1.31. The Bertz CT molecular complexity index is 690. The van der Waals surface area contributed by atoms with E-state index in [1.54, 1.807) is 7.11 Å². The molecule has 2 amide bonds. The van der Waals surface area contributed by atoms with Crippen LogP contribution >= 0.6 is 11.3 Å². The van der Waals surface area contributed by atoms with Gasteiger partial charge in [0.2, 0.25) is 0 Å². The molecular weight excluding hydrogens is 342 g/mol. The summed E-state index contributed by atoms with van der Waals surface area (Å²) in [6.07, 6.45) is 0.909. The van der Waals surface area contributed by atoms with Crippen molar-refractivity contribution in [2.45, 2.75) is 31.9 Å². The summed E-state index contributed by atoms with van der Waals surface area (Å²) in [6.45, 7) is 0.384. The van der Waals surface area contributed by atoms with Crippen molar-refractivity contribution in [1.82, 2.24) is 10.3 Å². The van der Waals surface area contributed by atoms with E-state index in [2.05, 4.69) is 15.6 Å². The van der Waals surface area contributed by atoms with Crippen molar-refractivity contribution in [3.8, 4) is 0 Å². The molecule has 7 nitrogen and oxygen atoms in total. The Morgan fingerprint density at radius 3 is 2.76 bits per heavy atom. The van der Waals surface area contributed by atoms with Crippen LogP contribution in [0.5, 0.6) is 0 Å². The number of amides is 2. The zero-order valence-electron chi connectivity index (χ0n) is 13.9. The average Bonchev–Trinajstić information content (AvgIpc) is 3.01. The highest BCUT2D eigenvalue weighted by molar-refractivity contribution is 7.13. The number of benzene rings is 1. The van der Waals surface area contributed by atoms with Gasteiger partial charge in [0.1, 0.15) is 0 Å². The number of urea groups is 1. The van der Waals surface area contributed by atoms with Crippen LogP contribution in [0, 0.1) is 0 Å². The molecule has 1 aromatic carbocycles. The summed E-state index contributed by atoms with van der Waals surface area (Å²) in [6, 6.07) is 8.96. The number of nitrogens with one attached hydrogen (secondary N) is 2. The second kappa shape index (κ2) is 9.75. The van der Waals surface area contributed by atoms with E-state index in [-0.39, 0.29) is 12.5 Å². The van der Waals surface area contributed by atoms with Gasteiger partial charge >= 0.3 is 12.0 Å². The zero-order valence-corrected chi connectivity index (χ0v) is 14.7. The Morgan fingerprint density at radius 1 is 1.32 bits per heavy atom. The Morgan fingerprint density at radius 2 is 2.08 bits per heavy atom. The Labute approximate surface area is 150 Å². The quantitative estimate of drug-likeness (QED) is 0.636. The Kier molecular flexibility index (Phi) is 7.36. The second-order valence-corrected chi connectivity index (χ2v) is 6.35. The molecule has 2 aromatic rings. The van der Waals surface area contributed by atoms with Crippen molar-refractivity contribution in [3.05, 3.63) is 47.0 Å². The van der Waals surface area contributed by atoms with Gasteiger partial charge in [0.25, 0.3) is 0 Å². The molecule has 0 spiro atoms. The lowest BCUT2D eigenvalue weighted by Gasteiger charge is -2.18. The van der Waals surface area contributed by atoms with Crippen LogP contribution in [0.25, 0.3) is 0 Å². The van der Waals surface area contributed by atoms with E-state index < -0.39 is 12.0 Å². The van der Waals surface area contributed by atoms with E-state index in [9.17, 15) is 9.59 Å². The minimum Gasteiger partial charge on any atom is -0.481 e. The van der Waals surface area contributed by atoms with Crippen LogP contribution in [0.15, 0.2) is 35.7 Å². The number of carboxylic acid groups (broad SMARTS) is 1. The topological polar surface area (TPSA) is 101 Å². The predicted molar refractivity (Wildman–Crippen MR) is 95.8 cm³/mol. The fourth-order valence-electron chi connectivity index (χ4n) is 2.32. The molecule has 0 fully saturated rings. The molecule has 0 saturated carbocycles. The fourth-order valence-corrected chi connectivity index (χ4v) is 3.01. The van der Waals surface area contributed by atoms with Crippen LogP contribution in [0.3, 0.4) is 0 Å². The Hall–Kier alpha value is -2.45. The SMILES string of the molecule is COCc1csc(NC(=O)NC(CCC(=O)O)Cc2ccccc2)n1. The van der Waals surface area contributed by atoms with Crippen LogP contribution in [0.4, 0.5) is 9.93 Å². The van der Waals surface area contributed by atoms with Crippen LogP contribution in [-0.4, -0.2) is 35.2 Å². The number of rotatable bonds is 9. The number of ether oxygens (including phenoxy) is 1. The third kappa shape index (κ3) is 6.90. The summed E-state index contributed by atoms with van der Waals surface area (Å²) in [4.78, 5) is 27.3. The van der Waals surface area contributed by atoms with E-state index in [1.165, 1.54) is 11.3 Å². The van der Waals surface area contributed by atoms with Crippen molar-refractivity contribution in [1.29, 1.82) is 0 Å². The van der Waals surface area contributed by atoms with Gasteiger partial charge in [0.05, 0.1) is 12.3 Å². The number of carbonyl (C=O) groups is 2. The number of aliphatic carboxylic acids is 1. The number of nitrogens with zero attached hydrogens (tertiary/aromatic N) is 1. The maximum atomic E-state index is 12.2. The molecule has 1 heterocycles. The molecule has 2 rings (SSSR count). The Balaban J connectivity index is 1.93. The van der Waals surface area contributed by atoms with Crippen LogP contribution in [-0.2, 0) is 22.6 Å². The van der Waals surface area contributed by atoms with Gasteiger partial charge in [0, 0.05) is 25.0 Å². The van der Waals surface area contributed by atoms with Gasteiger partial charge in [-0.3, -0.25) is 10.1 Å². The lowest BCUT2D eigenvalue weighted by atomic mass is 10.0. The molecule has 3 N–H and O–H groups in total. The molecule has 1 atom stereocenters. The average molecular weight is 363 g/mol. The molecule has 1 unspecified atom stereocenters. The van der Waals surface area contributed by atoms with Crippen molar-refractivity contribution in [3.63, 3.8) is 0 Å². The highest BCUT2D eigenvalue weighted by Gasteiger charge is 2.16. The van der Waals surface area contributed by atoms with Crippen molar-refractivity contribution in [2.24, 2.45) is 0 Å². The molecule has 0 saturated heterocycles. The number of anilines is 1. The van der Waals surface area contributed by atoms with Gasteiger partial charge in [0.15, 0.2) is 5.13 Å². The number of carbonyl (C=O) groups excluding carboxylic acids is 1. The predicted octanol–water partition coefficient (Wildman–Crippen LogP) is 2.89. The minimum atomic E-state index is -0.885. The summed E-state index contributed by atoms with van der Waals surface area (Å²) in [7, 11) is 1.58. The lowest BCUT2D eigenvalue weighted by molar-refractivity contribution is -0.137. The number of thiazole rings is 1. The molecule has 0 aliphatic carbocycles. The van der Waals surface area contributed by atoms with E-state index >= 15 is 0 Å². The van der Waals surface area contributed by atoms with E-state index in [0.29, 0.717) is 24.6 Å². The first kappa shape index (κ1) is 18.9. The van der Waals surface area contributed by atoms with E-state index in [4.69, 9.17) is 9.84 Å². The largest absolute Gasteiger partial charge is 0.481 e. The number of methoxy groups -OCH3 is 1.